The molecule has 0 aromatic rings. The molecule has 0 aromatic heterocycles. The molecule has 0 saturated heterocycles. The molecule has 10 N–H and O–H groups in total. The first-order valence-electron chi connectivity index (χ1n) is 10.4. The van der Waals surface area contributed by atoms with E-state index >= 15 is 0 Å². The number of rotatable bonds is 16. The van der Waals surface area contributed by atoms with Crippen molar-refractivity contribution in [3.8, 4) is 0 Å². The van der Waals surface area contributed by atoms with E-state index < -0.39 is 72.8 Å². The Kier molecular flexibility index (Phi) is 13.8. The van der Waals surface area contributed by atoms with Gasteiger partial charge in [-0.25, -0.2) is 4.79 Å². The summed E-state index contributed by atoms with van der Waals surface area (Å²) in [7, 11) is 0. The van der Waals surface area contributed by atoms with E-state index in [4.69, 9.17) is 21.7 Å². The lowest BCUT2D eigenvalue weighted by Gasteiger charge is -2.27. The zero-order valence-corrected chi connectivity index (χ0v) is 18.4. The molecule has 0 spiro atoms. The van der Waals surface area contributed by atoms with Crippen LogP contribution in [0, 0.1) is 5.92 Å². The first-order chi connectivity index (χ1) is 14.9. The summed E-state index contributed by atoms with van der Waals surface area (Å²) in [6, 6.07) is -4.87. The molecular weight excluding hydrogens is 426 g/mol. The van der Waals surface area contributed by atoms with Gasteiger partial charge in [-0.3, -0.25) is 19.2 Å². The standard InChI is InChI=1S/C19H35N5O8/c1-10(2)15(18(30)23-13(19(31)32)6-7-14(26)27)24-17(29)12(5-3-4-8-20)22-16(28)11(21)9-25/h10-13,15,25H,3-9,20-21H2,1-2H3,(H,22,28)(H,23,30)(H,24,29)(H,26,27)(H,31,32). The number of nitrogens with two attached hydrogens (primary N) is 2. The Morgan fingerprint density at radius 1 is 0.844 bits per heavy atom. The Labute approximate surface area is 186 Å². The molecule has 0 rings (SSSR count). The highest BCUT2D eigenvalue weighted by Gasteiger charge is 2.31. The zero-order valence-electron chi connectivity index (χ0n) is 18.4. The highest BCUT2D eigenvalue weighted by Crippen LogP contribution is 2.08. The van der Waals surface area contributed by atoms with Crippen LogP contribution in [0.5, 0.6) is 0 Å². The minimum atomic E-state index is -1.45. The van der Waals surface area contributed by atoms with Crippen molar-refractivity contribution in [3.05, 3.63) is 0 Å². The van der Waals surface area contributed by atoms with Crippen molar-refractivity contribution < 1.29 is 39.3 Å². The number of carbonyl (C=O) groups is 5. The van der Waals surface area contributed by atoms with Gasteiger partial charge in [0, 0.05) is 6.42 Å². The normalized spacial score (nSPS) is 14.7. The molecule has 0 aliphatic rings. The zero-order chi connectivity index (χ0) is 24.8. The van der Waals surface area contributed by atoms with Crippen LogP contribution in [0.4, 0.5) is 0 Å². The van der Waals surface area contributed by atoms with Crippen LogP contribution in [0.3, 0.4) is 0 Å². The fourth-order valence-corrected chi connectivity index (χ4v) is 2.70. The van der Waals surface area contributed by atoms with Crippen LogP contribution in [0.1, 0.15) is 46.0 Å². The number of nitrogens with one attached hydrogen (secondary N) is 3. The van der Waals surface area contributed by atoms with Gasteiger partial charge in [0.2, 0.25) is 17.7 Å². The second-order valence-corrected chi connectivity index (χ2v) is 7.70. The number of carboxylic acid groups (broad SMARTS) is 2. The molecule has 13 heteroatoms. The van der Waals surface area contributed by atoms with Gasteiger partial charge < -0.3 is 42.7 Å². The number of carboxylic acids is 2. The molecule has 4 atom stereocenters. The topological polar surface area (TPSA) is 234 Å². The Morgan fingerprint density at radius 3 is 1.91 bits per heavy atom. The summed E-state index contributed by atoms with van der Waals surface area (Å²) >= 11 is 0. The number of amides is 3. The third-order valence-corrected chi connectivity index (χ3v) is 4.62. The van der Waals surface area contributed by atoms with Crippen molar-refractivity contribution in [2.24, 2.45) is 17.4 Å². The van der Waals surface area contributed by atoms with Crippen molar-refractivity contribution in [2.75, 3.05) is 13.2 Å². The molecule has 4 unspecified atom stereocenters. The lowest BCUT2D eigenvalue weighted by molar-refractivity contribution is -0.143. The molecule has 13 nitrogen and oxygen atoms in total. The molecule has 0 radical (unpaired) electrons. The van der Waals surface area contributed by atoms with Crippen LogP contribution in [-0.2, 0) is 24.0 Å². The minimum Gasteiger partial charge on any atom is -0.481 e. The first-order valence-corrected chi connectivity index (χ1v) is 10.4. The monoisotopic (exact) mass is 461 g/mol. The van der Waals surface area contributed by atoms with Crippen molar-refractivity contribution >= 4 is 29.7 Å². The maximum Gasteiger partial charge on any atom is 0.326 e. The summed E-state index contributed by atoms with van der Waals surface area (Å²) < 4.78 is 0. The molecule has 184 valence electrons. The van der Waals surface area contributed by atoms with Crippen LogP contribution in [-0.4, -0.2) is 82.3 Å². The molecule has 0 saturated carbocycles. The van der Waals surface area contributed by atoms with Crippen LogP contribution in [0.25, 0.3) is 0 Å². The average Bonchev–Trinajstić information content (AvgIpc) is 2.72. The van der Waals surface area contributed by atoms with Gasteiger partial charge in [0.05, 0.1) is 6.61 Å². The van der Waals surface area contributed by atoms with Crippen LogP contribution >= 0.6 is 0 Å². The van der Waals surface area contributed by atoms with Crippen molar-refractivity contribution in [2.45, 2.75) is 70.1 Å². The van der Waals surface area contributed by atoms with Crippen molar-refractivity contribution in [1.82, 2.24) is 16.0 Å². The first kappa shape index (κ1) is 29.2. The highest BCUT2D eigenvalue weighted by atomic mass is 16.4. The van der Waals surface area contributed by atoms with Crippen LogP contribution < -0.4 is 27.4 Å². The number of aliphatic hydroxyl groups excluding tert-OH is 1. The molecule has 0 aliphatic carbocycles. The van der Waals surface area contributed by atoms with Crippen LogP contribution in [0.15, 0.2) is 0 Å². The van der Waals surface area contributed by atoms with Gasteiger partial charge in [-0.15, -0.1) is 0 Å². The number of aliphatic hydroxyl groups is 1. The van der Waals surface area contributed by atoms with E-state index in [1.54, 1.807) is 13.8 Å². The second-order valence-electron chi connectivity index (χ2n) is 7.70. The fourth-order valence-electron chi connectivity index (χ4n) is 2.70. The van der Waals surface area contributed by atoms with E-state index in [0.717, 1.165) is 0 Å². The van der Waals surface area contributed by atoms with E-state index in [1.165, 1.54) is 0 Å². The predicted molar refractivity (Wildman–Crippen MR) is 113 cm³/mol. The Bertz CT molecular complexity index is 658. The van der Waals surface area contributed by atoms with E-state index in [2.05, 4.69) is 16.0 Å². The fraction of sp³-hybridized carbons (Fsp3) is 0.737. The molecule has 0 aromatic carbocycles. The second kappa shape index (κ2) is 15.1. The van der Waals surface area contributed by atoms with E-state index in [0.29, 0.717) is 19.4 Å². The van der Waals surface area contributed by atoms with Crippen molar-refractivity contribution in [1.29, 1.82) is 0 Å². The number of aliphatic carboxylic acids is 2. The Morgan fingerprint density at radius 2 is 1.44 bits per heavy atom. The highest BCUT2D eigenvalue weighted by molar-refractivity contribution is 5.94. The third-order valence-electron chi connectivity index (χ3n) is 4.62. The SMILES string of the molecule is CC(C)C(NC(=O)C(CCCCN)NC(=O)C(N)CO)C(=O)NC(CCC(=O)O)C(=O)O. The molecular formula is C19H35N5O8. The molecule has 3 amide bonds. The van der Waals surface area contributed by atoms with Gasteiger partial charge >= 0.3 is 11.9 Å². The lowest BCUT2D eigenvalue weighted by atomic mass is 10.0. The molecule has 0 bridgehead atoms. The largest absolute Gasteiger partial charge is 0.481 e. The number of carbonyl (C=O) groups excluding carboxylic acids is 3. The summed E-state index contributed by atoms with van der Waals surface area (Å²) in [6.45, 7) is 3.01. The van der Waals surface area contributed by atoms with Gasteiger partial charge in [-0.05, 0) is 38.1 Å². The lowest BCUT2D eigenvalue weighted by Crippen LogP contribution is -2.58. The number of hydrogen-bond donors (Lipinski definition) is 8. The summed E-state index contributed by atoms with van der Waals surface area (Å²) in [5, 5.41) is 34.2. The van der Waals surface area contributed by atoms with E-state index in [-0.39, 0.29) is 12.8 Å². The number of unbranched alkanes of at least 4 members (excludes halogenated alkanes) is 1. The van der Waals surface area contributed by atoms with Crippen LogP contribution in [0.2, 0.25) is 0 Å². The maximum atomic E-state index is 12.8. The summed E-state index contributed by atoms with van der Waals surface area (Å²) in [6.07, 6.45) is 0.500. The van der Waals surface area contributed by atoms with Gasteiger partial charge in [0.1, 0.15) is 24.2 Å². The van der Waals surface area contributed by atoms with Crippen molar-refractivity contribution in [3.63, 3.8) is 0 Å². The molecule has 0 fully saturated rings. The Balaban J connectivity index is 5.36. The van der Waals surface area contributed by atoms with E-state index in [9.17, 15) is 29.1 Å². The summed E-state index contributed by atoms with van der Waals surface area (Å²) in [5.41, 5.74) is 10.9. The molecule has 32 heavy (non-hydrogen) atoms. The van der Waals surface area contributed by atoms with Gasteiger partial charge in [0.25, 0.3) is 0 Å². The summed E-state index contributed by atoms with van der Waals surface area (Å²) in [5.74, 6) is -5.30. The average molecular weight is 462 g/mol. The third kappa shape index (κ3) is 11.0. The van der Waals surface area contributed by atoms with Gasteiger partial charge in [-0.1, -0.05) is 13.8 Å². The van der Waals surface area contributed by atoms with Gasteiger partial charge in [0.15, 0.2) is 0 Å². The maximum absolute atomic E-state index is 12.8. The minimum absolute atomic E-state index is 0.204. The smallest absolute Gasteiger partial charge is 0.326 e. The van der Waals surface area contributed by atoms with E-state index in [1.807, 2.05) is 0 Å². The number of hydrogen-bond acceptors (Lipinski definition) is 8. The molecule has 0 heterocycles. The summed E-state index contributed by atoms with van der Waals surface area (Å²) in [4.78, 5) is 59.5. The Hall–Kier alpha value is -2.77. The van der Waals surface area contributed by atoms with Gasteiger partial charge in [-0.2, -0.15) is 0 Å². The molecule has 0 aliphatic heterocycles. The quantitative estimate of drug-likeness (QED) is 0.112. The predicted octanol–water partition coefficient (Wildman–Crippen LogP) is -2.51.